The first-order chi connectivity index (χ1) is 6.40. The van der Waals surface area contributed by atoms with Crippen molar-refractivity contribution in [2.24, 2.45) is 5.92 Å². The van der Waals surface area contributed by atoms with Crippen LogP contribution in [0.15, 0.2) is 0 Å². The quantitative estimate of drug-likeness (QED) is 0.626. The van der Waals surface area contributed by atoms with Crippen molar-refractivity contribution in [3.8, 4) is 11.8 Å². The zero-order valence-electron chi connectivity index (χ0n) is 8.34. The third kappa shape index (κ3) is 2.46. The van der Waals surface area contributed by atoms with Crippen LogP contribution in [0.1, 0.15) is 19.8 Å². The lowest BCUT2D eigenvalue weighted by molar-refractivity contribution is 0.208. The van der Waals surface area contributed by atoms with E-state index in [2.05, 4.69) is 22.1 Å². The molecule has 72 valence electrons. The Balaban J connectivity index is 1.79. The maximum Gasteiger partial charge on any atom is 0.0602 e. The van der Waals surface area contributed by atoms with Gasteiger partial charge in [-0.25, -0.2) is 0 Å². The molecule has 0 spiro atoms. The molecule has 0 radical (unpaired) electrons. The minimum atomic E-state index is 0.757. The number of piperazine rings is 1. The molecule has 2 rings (SSSR count). The molecule has 13 heavy (non-hydrogen) atoms. The summed E-state index contributed by atoms with van der Waals surface area (Å²) < 4.78 is 0. The van der Waals surface area contributed by atoms with Gasteiger partial charge in [0.15, 0.2) is 0 Å². The van der Waals surface area contributed by atoms with Crippen molar-refractivity contribution in [3.63, 3.8) is 0 Å². The summed E-state index contributed by atoms with van der Waals surface area (Å²) in [7, 11) is 0. The standard InChI is InChI=1S/C11H18N2/c1-2-3-7-13-8-6-12-11(9-13)10-4-5-10/h10-12H,4-9H2,1H3. The van der Waals surface area contributed by atoms with Crippen molar-refractivity contribution in [2.45, 2.75) is 25.8 Å². The van der Waals surface area contributed by atoms with Gasteiger partial charge in [-0.05, 0) is 25.7 Å². The number of nitrogens with zero attached hydrogens (tertiary/aromatic N) is 1. The summed E-state index contributed by atoms with van der Waals surface area (Å²) in [5.74, 6) is 7.08. The third-order valence-electron chi connectivity index (χ3n) is 2.96. The molecular weight excluding hydrogens is 160 g/mol. The van der Waals surface area contributed by atoms with Crippen molar-refractivity contribution >= 4 is 0 Å². The van der Waals surface area contributed by atoms with Crippen LogP contribution in [0.4, 0.5) is 0 Å². The van der Waals surface area contributed by atoms with Crippen molar-refractivity contribution in [1.29, 1.82) is 0 Å². The van der Waals surface area contributed by atoms with Crippen LogP contribution in [0.5, 0.6) is 0 Å². The predicted molar refractivity (Wildman–Crippen MR) is 54.4 cm³/mol. The summed E-state index contributed by atoms with van der Waals surface area (Å²) in [4.78, 5) is 2.47. The highest BCUT2D eigenvalue weighted by Crippen LogP contribution is 2.33. The largest absolute Gasteiger partial charge is 0.311 e. The van der Waals surface area contributed by atoms with E-state index < -0.39 is 0 Å². The Morgan fingerprint density at radius 3 is 3.00 bits per heavy atom. The molecule has 2 nitrogen and oxygen atoms in total. The van der Waals surface area contributed by atoms with Crippen molar-refractivity contribution < 1.29 is 0 Å². The van der Waals surface area contributed by atoms with E-state index >= 15 is 0 Å². The lowest BCUT2D eigenvalue weighted by Crippen LogP contribution is -2.51. The Morgan fingerprint density at radius 1 is 1.46 bits per heavy atom. The predicted octanol–water partition coefficient (Wildman–Crippen LogP) is 0.694. The number of hydrogen-bond donors (Lipinski definition) is 1. The molecule has 1 saturated heterocycles. The second-order valence-corrected chi connectivity index (χ2v) is 4.06. The molecule has 1 atom stereocenters. The van der Waals surface area contributed by atoms with Gasteiger partial charge < -0.3 is 5.32 Å². The molecule has 1 heterocycles. The highest BCUT2D eigenvalue weighted by atomic mass is 15.2. The van der Waals surface area contributed by atoms with E-state index in [1.165, 1.54) is 19.4 Å². The Morgan fingerprint density at radius 2 is 2.31 bits per heavy atom. The lowest BCUT2D eigenvalue weighted by atomic mass is 10.1. The van der Waals surface area contributed by atoms with Gasteiger partial charge in [0.2, 0.25) is 0 Å². The van der Waals surface area contributed by atoms with Crippen LogP contribution in [-0.2, 0) is 0 Å². The Kier molecular flexibility index (Phi) is 2.87. The minimum Gasteiger partial charge on any atom is -0.311 e. The van der Waals surface area contributed by atoms with Crippen molar-refractivity contribution in [3.05, 3.63) is 0 Å². The van der Waals surface area contributed by atoms with Gasteiger partial charge in [-0.2, -0.15) is 0 Å². The molecule has 2 aliphatic rings. The number of nitrogens with one attached hydrogen (secondary N) is 1. The Bertz CT molecular complexity index is 222. The molecule has 1 saturated carbocycles. The van der Waals surface area contributed by atoms with Gasteiger partial charge >= 0.3 is 0 Å². The Labute approximate surface area is 80.7 Å². The van der Waals surface area contributed by atoms with Crippen LogP contribution in [-0.4, -0.2) is 37.1 Å². The van der Waals surface area contributed by atoms with Gasteiger partial charge in [0, 0.05) is 25.7 Å². The minimum absolute atomic E-state index is 0.757. The van der Waals surface area contributed by atoms with Crippen LogP contribution in [0.3, 0.4) is 0 Å². The second-order valence-electron chi connectivity index (χ2n) is 4.06. The highest BCUT2D eigenvalue weighted by molar-refractivity contribution is 5.00. The first-order valence-corrected chi connectivity index (χ1v) is 5.25. The molecule has 0 bridgehead atoms. The average Bonchev–Trinajstić information content (AvgIpc) is 2.98. The molecule has 1 unspecified atom stereocenters. The fourth-order valence-corrected chi connectivity index (χ4v) is 1.99. The van der Waals surface area contributed by atoms with E-state index in [0.29, 0.717) is 0 Å². The van der Waals surface area contributed by atoms with Crippen LogP contribution in [0, 0.1) is 17.8 Å². The van der Waals surface area contributed by atoms with Gasteiger partial charge in [0.25, 0.3) is 0 Å². The fraction of sp³-hybridized carbons (Fsp3) is 0.818. The second kappa shape index (κ2) is 4.13. The maximum absolute atomic E-state index is 3.60. The van der Waals surface area contributed by atoms with E-state index in [1.54, 1.807) is 0 Å². The van der Waals surface area contributed by atoms with Crippen LogP contribution < -0.4 is 5.32 Å². The summed E-state index contributed by atoms with van der Waals surface area (Å²) in [5, 5.41) is 3.60. The normalized spacial score (nSPS) is 29.5. The zero-order chi connectivity index (χ0) is 9.10. The first kappa shape index (κ1) is 9.05. The van der Waals surface area contributed by atoms with E-state index in [1.807, 2.05) is 6.92 Å². The number of rotatable bonds is 2. The molecule has 2 fully saturated rings. The third-order valence-corrected chi connectivity index (χ3v) is 2.96. The molecule has 0 aromatic rings. The highest BCUT2D eigenvalue weighted by Gasteiger charge is 2.33. The SMILES string of the molecule is CC#CCN1CCNC(C2CC2)C1. The molecule has 1 aliphatic heterocycles. The van der Waals surface area contributed by atoms with E-state index in [0.717, 1.165) is 31.6 Å². The summed E-state index contributed by atoms with van der Waals surface area (Å²) in [6.07, 6.45) is 2.87. The Hall–Kier alpha value is -0.520. The van der Waals surface area contributed by atoms with E-state index in [9.17, 15) is 0 Å². The molecule has 0 amide bonds. The maximum atomic E-state index is 3.60. The first-order valence-electron chi connectivity index (χ1n) is 5.25. The molecular formula is C11H18N2. The lowest BCUT2D eigenvalue weighted by Gasteiger charge is -2.32. The van der Waals surface area contributed by atoms with Gasteiger partial charge in [-0.15, -0.1) is 5.92 Å². The summed E-state index contributed by atoms with van der Waals surface area (Å²) in [5.41, 5.74) is 0. The number of hydrogen-bond acceptors (Lipinski definition) is 2. The van der Waals surface area contributed by atoms with Crippen LogP contribution in [0.2, 0.25) is 0 Å². The molecule has 1 aliphatic carbocycles. The topological polar surface area (TPSA) is 15.3 Å². The van der Waals surface area contributed by atoms with Gasteiger partial charge in [0.05, 0.1) is 6.54 Å². The molecule has 2 heteroatoms. The van der Waals surface area contributed by atoms with E-state index in [-0.39, 0.29) is 0 Å². The molecule has 0 aromatic carbocycles. The van der Waals surface area contributed by atoms with Crippen LogP contribution in [0.25, 0.3) is 0 Å². The fourth-order valence-electron chi connectivity index (χ4n) is 1.99. The van der Waals surface area contributed by atoms with Crippen LogP contribution >= 0.6 is 0 Å². The zero-order valence-corrected chi connectivity index (χ0v) is 8.34. The van der Waals surface area contributed by atoms with Crippen molar-refractivity contribution in [2.75, 3.05) is 26.2 Å². The van der Waals surface area contributed by atoms with E-state index in [4.69, 9.17) is 0 Å². The van der Waals surface area contributed by atoms with Crippen molar-refractivity contribution in [1.82, 2.24) is 10.2 Å². The monoisotopic (exact) mass is 178 g/mol. The van der Waals surface area contributed by atoms with Gasteiger partial charge in [-0.1, -0.05) is 5.92 Å². The summed E-state index contributed by atoms with van der Waals surface area (Å²) in [6.45, 7) is 6.39. The summed E-state index contributed by atoms with van der Waals surface area (Å²) in [6, 6.07) is 0.757. The van der Waals surface area contributed by atoms with Gasteiger partial charge in [0.1, 0.15) is 0 Å². The molecule has 0 aromatic heterocycles. The molecule has 1 N–H and O–H groups in total. The average molecular weight is 178 g/mol. The smallest absolute Gasteiger partial charge is 0.0602 e. The summed E-state index contributed by atoms with van der Waals surface area (Å²) >= 11 is 0. The van der Waals surface area contributed by atoms with Gasteiger partial charge in [-0.3, -0.25) is 4.90 Å².